The summed E-state index contributed by atoms with van der Waals surface area (Å²) >= 11 is 1.37. The van der Waals surface area contributed by atoms with Gasteiger partial charge in [0.1, 0.15) is 22.8 Å². The summed E-state index contributed by atoms with van der Waals surface area (Å²) in [5.41, 5.74) is 2.59. The Bertz CT molecular complexity index is 1670. The molecule has 4 atom stereocenters. The van der Waals surface area contributed by atoms with Gasteiger partial charge in [-0.15, -0.1) is 11.3 Å². The molecule has 41 heavy (non-hydrogen) atoms. The summed E-state index contributed by atoms with van der Waals surface area (Å²) in [6.45, 7) is 1.19. The first-order chi connectivity index (χ1) is 19.6. The van der Waals surface area contributed by atoms with Crippen molar-refractivity contribution in [3.63, 3.8) is 0 Å². The highest BCUT2D eigenvalue weighted by Gasteiger charge is 2.55. The van der Waals surface area contributed by atoms with Gasteiger partial charge in [-0.1, -0.05) is 36.4 Å². The monoisotopic (exact) mass is 571 g/mol. The number of aliphatic hydroxyl groups excluding tert-OH is 2. The summed E-state index contributed by atoms with van der Waals surface area (Å²) in [5.74, 6) is -4.96. The fourth-order valence-electron chi connectivity index (χ4n) is 6.64. The van der Waals surface area contributed by atoms with E-state index >= 15 is 0 Å². The van der Waals surface area contributed by atoms with E-state index < -0.39 is 41.1 Å². The predicted octanol–water partition coefficient (Wildman–Crippen LogP) is 4.82. The number of nitrogens with one attached hydrogen (secondary N) is 1. The molecule has 9 nitrogen and oxygen atoms in total. The highest BCUT2D eigenvalue weighted by atomic mass is 32.1. The molecule has 3 aromatic rings. The fraction of sp³-hybridized carbons (Fsp3) is 0.290. The molecule has 1 aromatic heterocycles. The summed E-state index contributed by atoms with van der Waals surface area (Å²) in [7, 11) is 3.46. The zero-order chi connectivity index (χ0) is 29.2. The van der Waals surface area contributed by atoms with E-state index in [1.54, 1.807) is 31.1 Å². The van der Waals surface area contributed by atoms with Crippen LogP contribution in [0.15, 0.2) is 64.8 Å². The topological polar surface area (TPSA) is 140 Å². The van der Waals surface area contributed by atoms with Crippen molar-refractivity contribution in [1.82, 2.24) is 9.88 Å². The van der Waals surface area contributed by atoms with Crippen LogP contribution in [0.2, 0.25) is 0 Å². The Labute approximate surface area is 240 Å². The third-order valence-electron chi connectivity index (χ3n) is 8.36. The molecule has 0 bridgehead atoms. The molecule has 0 saturated heterocycles. The number of benzene rings is 2. The molecule has 0 amide bonds. The number of ketones is 3. The highest BCUT2D eigenvalue weighted by molar-refractivity contribution is 7.14. The molecule has 10 heteroatoms. The second-order valence-corrected chi connectivity index (χ2v) is 11.9. The van der Waals surface area contributed by atoms with Crippen molar-refractivity contribution < 1.29 is 29.7 Å². The number of fused-ring (bicyclic) bond motifs is 3. The van der Waals surface area contributed by atoms with Gasteiger partial charge in [-0.3, -0.25) is 19.3 Å². The van der Waals surface area contributed by atoms with Crippen molar-refractivity contribution in [2.45, 2.75) is 25.8 Å². The first kappa shape index (κ1) is 26.9. The first-order valence-corrected chi connectivity index (χ1v) is 14.2. The Morgan fingerprint density at radius 3 is 2.46 bits per heavy atom. The normalized spacial score (nSPS) is 23.8. The standard InChI is InChI=1S/C31H29N3O6S/c1-14(35)21-27(37)24-18(25(30(21)40)34(2)3)12-17-11-16-9-10-19(26(36)22(16)28(38)23(17)29(24)39)32-31-33-20(13-41-31)15-7-5-4-6-8-15/h4-10,13,17-18,24-25,36,38,40H,11-12H2,1-3H3,(H,32,33). The summed E-state index contributed by atoms with van der Waals surface area (Å²) < 4.78 is 0. The molecule has 4 unspecified atom stereocenters. The van der Waals surface area contributed by atoms with Crippen molar-refractivity contribution >= 4 is 45.3 Å². The molecule has 6 rings (SSSR count). The lowest BCUT2D eigenvalue weighted by Crippen LogP contribution is -2.55. The molecule has 3 aliphatic carbocycles. The predicted molar refractivity (Wildman–Crippen MR) is 155 cm³/mol. The van der Waals surface area contributed by atoms with Gasteiger partial charge >= 0.3 is 0 Å². The third kappa shape index (κ3) is 4.25. The van der Waals surface area contributed by atoms with Gasteiger partial charge in [0.2, 0.25) is 0 Å². The number of nitrogens with zero attached hydrogens (tertiary/aromatic N) is 2. The van der Waals surface area contributed by atoms with Gasteiger partial charge in [-0.25, -0.2) is 4.98 Å². The Hall–Kier alpha value is -4.28. The summed E-state index contributed by atoms with van der Waals surface area (Å²) in [4.78, 5) is 45.9. The van der Waals surface area contributed by atoms with Crippen LogP contribution in [0.4, 0.5) is 10.8 Å². The summed E-state index contributed by atoms with van der Waals surface area (Å²) in [5, 5.41) is 39.2. The summed E-state index contributed by atoms with van der Waals surface area (Å²) in [6, 6.07) is 12.5. The van der Waals surface area contributed by atoms with Gasteiger partial charge in [0.15, 0.2) is 22.5 Å². The van der Waals surface area contributed by atoms with Crippen LogP contribution in [0.25, 0.3) is 17.0 Å². The zero-order valence-corrected chi connectivity index (χ0v) is 23.5. The van der Waals surface area contributed by atoms with Crippen molar-refractivity contribution in [2.75, 3.05) is 19.4 Å². The number of hydrogen-bond donors (Lipinski definition) is 4. The second-order valence-electron chi connectivity index (χ2n) is 11.0. The number of allylic oxidation sites excluding steroid dienone is 2. The molecule has 0 spiro atoms. The number of rotatable bonds is 5. The minimum Gasteiger partial charge on any atom is -0.510 e. The van der Waals surface area contributed by atoms with Crippen LogP contribution in [-0.4, -0.2) is 62.7 Å². The van der Waals surface area contributed by atoms with E-state index in [1.807, 2.05) is 35.7 Å². The van der Waals surface area contributed by atoms with E-state index in [0.717, 1.165) is 11.3 Å². The smallest absolute Gasteiger partial charge is 0.187 e. The van der Waals surface area contributed by atoms with E-state index in [2.05, 4.69) is 10.3 Å². The maximum atomic E-state index is 13.9. The van der Waals surface area contributed by atoms with Crippen LogP contribution in [0.3, 0.4) is 0 Å². The SMILES string of the molecule is CC(=O)C1=C(O)C(N(C)C)C2CC3Cc4ccc(Nc5nc(-c6ccccc6)cs5)c(O)c4C(O)=C3C(=O)C2C1=O. The van der Waals surface area contributed by atoms with E-state index in [4.69, 9.17) is 0 Å². The Morgan fingerprint density at radius 2 is 1.78 bits per heavy atom. The lowest BCUT2D eigenvalue weighted by atomic mass is 9.59. The number of phenolic OH excluding ortho intramolecular Hbond substituents is 1. The molecule has 3 aliphatic rings. The molecule has 210 valence electrons. The van der Waals surface area contributed by atoms with E-state index in [9.17, 15) is 29.7 Å². The number of anilines is 2. The van der Waals surface area contributed by atoms with Crippen molar-refractivity contribution in [3.05, 3.63) is 75.9 Å². The number of aromatic nitrogens is 1. The number of aliphatic hydroxyl groups is 2. The van der Waals surface area contributed by atoms with Crippen molar-refractivity contribution in [3.8, 4) is 17.0 Å². The van der Waals surface area contributed by atoms with Gasteiger partial charge in [0.05, 0.1) is 28.9 Å². The van der Waals surface area contributed by atoms with Crippen molar-refractivity contribution in [1.29, 1.82) is 0 Å². The highest BCUT2D eigenvalue weighted by Crippen LogP contribution is 2.51. The number of aromatic hydroxyl groups is 1. The van der Waals surface area contributed by atoms with Crippen LogP contribution >= 0.6 is 11.3 Å². The largest absolute Gasteiger partial charge is 0.510 e. The van der Waals surface area contributed by atoms with Gasteiger partial charge < -0.3 is 20.6 Å². The number of likely N-dealkylation sites (N-methyl/N-ethyl adjacent to an activating group) is 1. The number of carbonyl (C=O) groups is 3. The quantitative estimate of drug-likeness (QED) is 0.193. The summed E-state index contributed by atoms with van der Waals surface area (Å²) in [6.07, 6.45) is 0.715. The lowest BCUT2D eigenvalue weighted by molar-refractivity contribution is -0.136. The third-order valence-corrected chi connectivity index (χ3v) is 9.12. The zero-order valence-electron chi connectivity index (χ0n) is 22.7. The van der Waals surface area contributed by atoms with Gasteiger partial charge in [0, 0.05) is 16.5 Å². The molecule has 2 aromatic carbocycles. The molecule has 0 aliphatic heterocycles. The first-order valence-electron chi connectivity index (χ1n) is 13.3. The van der Waals surface area contributed by atoms with Gasteiger partial charge in [-0.05, 0) is 57.3 Å². The minimum absolute atomic E-state index is 0.0851. The van der Waals surface area contributed by atoms with Gasteiger partial charge in [0.25, 0.3) is 0 Å². The molecular formula is C31H29N3O6S. The molecular weight excluding hydrogens is 542 g/mol. The maximum absolute atomic E-state index is 13.9. The number of phenols is 1. The Balaban J connectivity index is 1.37. The van der Waals surface area contributed by atoms with Crippen LogP contribution in [0, 0.1) is 17.8 Å². The Kier molecular flexibility index (Phi) is 6.55. The molecule has 1 saturated carbocycles. The van der Waals surface area contributed by atoms with Crippen LogP contribution in [0.1, 0.15) is 24.5 Å². The number of Topliss-reactive ketones (excluding diaryl/α,β-unsaturated/α-hetero) is 3. The Morgan fingerprint density at radius 1 is 1.05 bits per heavy atom. The number of thiazole rings is 1. The van der Waals surface area contributed by atoms with Crippen LogP contribution < -0.4 is 5.32 Å². The average Bonchev–Trinajstić information content (AvgIpc) is 3.38. The number of hydrogen-bond acceptors (Lipinski definition) is 10. The van der Waals surface area contributed by atoms with E-state index in [-0.39, 0.29) is 34.0 Å². The van der Waals surface area contributed by atoms with E-state index in [1.165, 1.54) is 18.3 Å². The van der Waals surface area contributed by atoms with Crippen LogP contribution in [-0.2, 0) is 20.8 Å². The van der Waals surface area contributed by atoms with Gasteiger partial charge in [-0.2, -0.15) is 0 Å². The second kappa shape index (κ2) is 9.97. The molecule has 0 radical (unpaired) electrons. The molecule has 1 heterocycles. The lowest BCUT2D eigenvalue weighted by Gasteiger charge is -2.46. The van der Waals surface area contributed by atoms with E-state index in [0.29, 0.717) is 29.2 Å². The molecule has 1 fully saturated rings. The number of carbonyl (C=O) groups excluding carboxylic acids is 3. The fourth-order valence-corrected chi connectivity index (χ4v) is 7.37. The maximum Gasteiger partial charge on any atom is 0.187 e. The average molecular weight is 572 g/mol. The van der Waals surface area contributed by atoms with Crippen molar-refractivity contribution in [2.24, 2.45) is 17.8 Å². The van der Waals surface area contributed by atoms with Crippen LogP contribution in [0.5, 0.6) is 5.75 Å². The molecule has 4 N–H and O–H groups in total. The minimum atomic E-state index is -1.21.